The molecular weight excluding hydrogens is 520 g/mol. The third-order valence-electron chi connectivity index (χ3n) is 9.57. The molecule has 4 aliphatic heterocycles. The van der Waals surface area contributed by atoms with Crippen molar-refractivity contribution in [2.75, 3.05) is 11.5 Å². The van der Waals surface area contributed by atoms with Gasteiger partial charge in [0.05, 0.1) is 23.5 Å². The molecule has 1 N–H and O–H groups in total. The molecule has 7 nitrogen and oxygen atoms in total. The van der Waals surface area contributed by atoms with Gasteiger partial charge in [-0.15, -0.1) is 23.5 Å². The Morgan fingerprint density at radius 1 is 0.868 bits per heavy atom. The lowest BCUT2D eigenvalue weighted by molar-refractivity contribution is -0.154. The molecule has 9 heteroatoms. The van der Waals surface area contributed by atoms with Crippen LogP contribution in [0.3, 0.4) is 0 Å². The summed E-state index contributed by atoms with van der Waals surface area (Å²) < 4.78 is 0. The van der Waals surface area contributed by atoms with Crippen molar-refractivity contribution in [3.63, 3.8) is 0 Å². The lowest BCUT2D eigenvalue weighted by Crippen LogP contribution is -2.57. The van der Waals surface area contributed by atoms with E-state index in [1.54, 1.807) is 40.6 Å². The van der Waals surface area contributed by atoms with E-state index in [-0.39, 0.29) is 41.5 Å². The third kappa shape index (κ3) is 4.92. The maximum Gasteiger partial charge on any atom is 0.254 e. The zero-order valence-electron chi connectivity index (χ0n) is 22.1. The molecule has 4 heterocycles. The predicted molar refractivity (Wildman–Crippen MR) is 148 cm³/mol. The number of amides is 4. The van der Waals surface area contributed by atoms with Crippen LogP contribution in [-0.2, 0) is 19.2 Å². The number of hydrogen-bond acceptors (Lipinski definition) is 7. The zero-order chi connectivity index (χ0) is 26.6. The van der Waals surface area contributed by atoms with E-state index in [1.807, 2.05) is 6.92 Å². The molecule has 5 atom stereocenters. The van der Waals surface area contributed by atoms with Gasteiger partial charge in [0.1, 0.15) is 0 Å². The van der Waals surface area contributed by atoms with Crippen LogP contribution in [0.15, 0.2) is 22.0 Å². The lowest BCUT2D eigenvalue weighted by Gasteiger charge is -2.43. The van der Waals surface area contributed by atoms with Crippen LogP contribution in [0, 0.1) is 23.7 Å². The fourth-order valence-corrected chi connectivity index (χ4v) is 9.41. The SMILES string of the molecule is CC(CCC(O)CCCC(C1CC1)N1C(=O)C=C2SCCC2C1=O)(C1CC1)N1C(=O)C=C2SCCC2C1=O. The second-order valence-corrected chi connectivity index (χ2v) is 14.5. The molecule has 5 unspecified atom stereocenters. The number of aliphatic hydroxyl groups is 1. The highest BCUT2D eigenvalue weighted by Crippen LogP contribution is 2.50. The molecule has 0 aromatic heterocycles. The molecule has 0 spiro atoms. The maximum absolute atomic E-state index is 13.4. The quantitative estimate of drug-likeness (QED) is 0.379. The Hall–Kier alpha value is -1.58. The second kappa shape index (κ2) is 10.4. The van der Waals surface area contributed by atoms with Gasteiger partial charge in [0.15, 0.2) is 0 Å². The second-order valence-electron chi connectivity index (χ2n) is 12.2. The van der Waals surface area contributed by atoms with Gasteiger partial charge in [-0.25, -0.2) is 0 Å². The molecule has 2 saturated heterocycles. The number of rotatable bonds is 11. The normalized spacial score (nSPS) is 30.6. The molecule has 2 aliphatic carbocycles. The van der Waals surface area contributed by atoms with Gasteiger partial charge >= 0.3 is 0 Å². The summed E-state index contributed by atoms with van der Waals surface area (Å²) in [7, 11) is 0. The predicted octanol–water partition coefficient (Wildman–Crippen LogP) is 4.26. The Morgan fingerprint density at radius 3 is 2.13 bits per heavy atom. The van der Waals surface area contributed by atoms with E-state index in [1.165, 1.54) is 4.90 Å². The van der Waals surface area contributed by atoms with Crippen LogP contribution in [0.25, 0.3) is 0 Å². The largest absolute Gasteiger partial charge is 0.393 e. The molecule has 38 heavy (non-hydrogen) atoms. The minimum absolute atomic E-state index is 0.0242. The first-order valence-corrected chi connectivity index (χ1v) is 16.4. The maximum atomic E-state index is 13.4. The van der Waals surface area contributed by atoms with Crippen LogP contribution in [0.4, 0.5) is 0 Å². The van der Waals surface area contributed by atoms with Gasteiger partial charge in [0, 0.05) is 28.0 Å². The smallest absolute Gasteiger partial charge is 0.254 e. The highest BCUT2D eigenvalue weighted by Gasteiger charge is 2.53. The Morgan fingerprint density at radius 2 is 1.50 bits per heavy atom. The average molecular weight is 559 g/mol. The summed E-state index contributed by atoms with van der Waals surface area (Å²) in [4.78, 5) is 57.4. The summed E-state index contributed by atoms with van der Waals surface area (Å²) in [6.45, 7) is 2.04. The fourth-order valence-electron chi connectivity index (χ4n) is 7.02. The summed E-state index contributed by atoms with van der Waals surface area (Å²) in [6, 6.07) is -0.0730. The fraction of sp³-hybridized carbons (Fsp3) is 0.724. The Balaban J connectivity index is 1.05. The van der Waals surface area contributed by atoms with E-state index >= 15 is 0 Å². The van der Waals surface area contributed by atoms with E-state index in [4.69, 9.17) is 0 Å². The summed E-state index contributed by atoms with van der Waals surface area (Å²) in [6.07, 6.45) is 11.7. The molecule has 0 aromatic rings. The van der Waals surface area contributed by atoms with Crippen molar-refractivity contribution < 1.29 is 24.3 Å². The van der Waals surface area contributed by atoms with Gasteiger partial charge in [0.2, 0.25) is 11.8 Å². The van der Waals surface area contributed by atoms with Crippen LogP contribution >= 0.6 is 23.5 Å². The van der Waals surface area contributed by atoms with Gasteiger partial charge in [-0.3, -0.25) is 29.0 Å². The summed E-state index contributed by atoms with van der Waals surface area (Å²) in [5.74, 6) is 1.71. The number of thioether (sulfide) groups is 2. The molecule has 6 aliphatic rings. The van der Waals surface area contributed by atoms with E-state index in [2.05, 4.69) is 0 Å². The van der Waals surface area contributed by atoms with Crippen molar-refractivity contribution >= 4 is 47.2 Å². The number of fused-ring (bicyclic) bond motifs is 2. The lowest BCUT2D eigenvalue weighted by atomic mass is 9.83. The molecule has 0 aromatic carbocycles. The minimum Gasteiger partial charge on any atom is -0.393 e. The Kier molecular flexibility index (Phi) is 7.31. The number of imide groups is 2. The van der Waals surface area contributed by atoms with Gasteiger partial charge in [-0.2, -0.15) is 0 Å². The molecular formula is C29H38N2O5S2. The van der Waals surface area contributed by atoms with Crippen molar-refractivity contribution in [1.29, 1.82) is 0 Å². The number of aliphatic hydroxyl groups excluding tert-OH is 1. The first-order chi connectivity index (χ1) is 18.3. The van der Waals surface area contributed by atoms with Crippen LogP contribution < -0.4 is 0 Å². The van der Waals surface area contributed by atoms with Crippen LogP contribution in [-0.4, -0.2) is 67.7 Å². The van der Waals surface area contributed by atoms with Gasteiger partial charge in [0.25, 0.3) is 11.8 Å². The topological polar surface area (TPSA) is 95.0 Å². The molecule has 4 amide bonds. The van der Waals surface area contributed by atoms with Crippen molar-refractivity contribution in [2.45, 2.75) is 95.2 Å². The van der Waals surface area contributed by atoms with Gasteiger partial charge < -0.3 is 5.11 Å². The first kappa shape index (κ1) is 26.6. The number of carbonyl (C=O) groups excluding carboxylic acids is 4. The molecule has 0 bridgehead atoms. The van der Waals surface area contributed by atoms with E-state index < -0.39 is 11.6 Å². The first-order valence-electron chi connectivity index (χ1n) is 14.4. The Labute approximate surface area is 233 Å². The van der Waals surface area contributed by atoms with E-state index in [0.717, 1.165) is 72.7 Å². The van der Waals surface area contributed by atoms with Crippen LogP contribution in [0.2, 0.25) is 0 Å². The van der Waals surface area contributed by atoms with E-state index in [9.17, 15) is 24.3 Å². The van der Waals surface area contributed by atoms with Crippen molar-refractivity contribution in [1.82, 2.24) is 9.80 Å². The summed E-state index contributed by atoms with van der Waals surface area (Å²) in [5, 5.41) is 10.9. The number of carbonyl (C=O) groups is 4. The van der Waals surface area contributed by atoms with Crippen molar-refractivity contribution in [3.8, 4) is 0 Å². The Bertz CT molecular complexity index is 1100. The highest BCUT2D eigenvalue weighted by atomic mass is 32.2. The number of nitrogens with zero attached hydrogens (tertiary/aromatic N) is 2. The van der Waals surface area contributed by atoms with Crippen LogP contribution in [0.1, 0.15) is 77.6 Å². The van der Waals surface area contributed by atoms with Crippen molar-refractivity contribution in [2.24, 2.45) is 23.7 Å². The third-order valence-corrected chi connectivity index (χ3v) is 11.9. The molecule has 206 valence electrons. The van der Waals surface area contributed by atoms with Crippen molar-refractivity contribution in [3.05, 3.63) is 22.0 Å². The van der Waals surface area contributed by atoms with E-state index in [0.29, 0.717) is 31.1 Å². The minimum atomic E-state index is -0.559. The van der Waals surface area contributed by atoms with Crippen LogP contribution in [0.5, 0.6) is 0 Å². The molecule has 2 saturated carbocycles. The van der Waals surface area contributed by atoms with Gasteiger partial charge in [-0.05, 0) is 101 Å². The monoisotopic (exact) mass is 558 g/mol. The summed E-state index contributed by atoms with van der Waals surface area (Å²) in [5.41, 5.74) is -0.559. The standard InChI is InChI=1S/C29H38N2O5S2/c1-29(18-7-8-18,31-26(34)16-24-21(28(31)36)11-14-38-24)12-9-19(32)3-2-4-22(17-5-6-17)30-25(33)15-23-20(27(30)35)10-13-37-23/h15-22,32H,2-14H2,1H3. The molecule has 6 rings (SSSR count). The highest BCUT2D eigenvalue weighted by molar-refractivity contribution is 8.03. The zero-order valence-corrected chi connectivity index (χ0v) is 23.7. The molecule has 4 fully saturated rings. The number of hydrogen-bond donors (Lipinski definition) is 1. The average Bonchev–Trinajstić information content (AvgIpc) is 3.81. The summed E-state index contributed by atoms with van der Waals surface area (Å²) >= 11 is 3.26. The van der Waals surface area contributed by atoms with Gasteiger partial charge in [-0.1, -0.05) is 0 Å². The molecule has 0 radical (unpaired) electrons.